The molecule has 1 atom stereocenters. The summed E-state index contributed by atoms with van der Waals surface area (Å²) >= 11 is 0. The molecule has 1 unspecified atom stereocenters. The molecule has 0 amide bonds. The fourth-order valence-electron chi connectivity index (χ4n) is 0. The molecule has 0 aliphatic carbocycles. The van der Waals surface area contributed by atoms with E-state index in [0.717, 1.165) is 0 Å². The van der Waals surface area contributed by atoms with Crippen LogP contribution in [0.5, 0.6) is 0 Å². The Bertz CT molecular complexity index is 57.8. The van der Waals surface area contributed by atoms with E-state index in [9.17, 15) is 0 Å². The van der Waals surface area contributed by atoms with Crippen molar-refractivity contribution in [2.75, 3.05) is 0 Å². The predicted molar refractivity (Wildman–Crippen MR) is 34.1 cm³/mol. The maximum atomic E-state index is 8.88. The Morgan fingerprint density at radius 2 is 1.14 bits per heavy atom. The van der Waals surface area contributed by atoms with Crippen LogP contribution in [0, 0.1) is 0 Å². The minimum atomic E-state index is -4.64. The molecule has 0 fully saturated rings. The monoisotopic (exact) mass is 248 g/mol. The topological polar surface area (TPSA) is 77.8 Å². The summed E-state index contributed by atoms with van der Waals surface area (Å²) in [5.74, 6) is 0. The molecule has 0 aliphatic rings. The van der Waals surface area contributed by atoms with E-state index < -0.39 is 7.82 Å². The van der Waals surface area contributed by atoms with Crippen LogP contribution in [-0.4, -0.2) is 52.4 Å². The van der Waals surface area contributed by atoms with Gasteiger partial charge in [0.25, 0.3) is 0 Å². The van der Waals surface area contributed by atoms with Crippen molar-refractivity contribution >= 4 is 45.6 Å². The molecule has 0 radical (unpaired) electrons. The Labute approximate surface area is 64.9 Å². The van der Waals surface area contributed by atoms with Gasteiger partial charge in [0.1, 0.15) is 0 Å². The Balaban J connectivity index is -0.0000000800. The first-order valence-electron chi connectivity index (χ1n) is 0.783. The Hall–Kier alpha value is 1.30. The van der Waals surface area contributed by atoms with E-state index in [0.29, 0.717) is 0 Å². The van der Waals surface area contributed by atoms with Crippen LogP contribution in [0.3, 0.4) is 0 Å². The Kier molecular flexibility index (Phi) is 12.2. The number of hydrogen-bond donors (Lipinski definition) is 3. The molecule has 0 aromatic heterocycles. The third kappa shape index (κ3) is 121. The van der Waals surface area contributed by atoms with Crippen molar-refractivity contribution in [3.8, 4) is 0 Å². The van der Waals surface area contributed by atoms with Gasteiger partial charge in [0.15, 0.2) is 0 Å². The average Bonchev–Trinajstić information content (AvgIpc) is 0.722. The molecule has 0 aliphatic heterocycles. The molecule has 0 saturated carbocycles. The van der Waals surface area contributed by atoms with Crippen molar-refractivity contribution < 1.29 is 19.2 Å². The first-order valence-corrected chi connectivity index (χ1v) is 2.35. The molecule has 3 N–H and O–H groups in total. The van der Waals surface area contributed by atoms with E-state index >= 15 is 0 Å². The van der Waals surface area contributed by atoms with Gasteiger partial charge in [-0.1, -0.05) is 0 Å². The van der Waals surface area contributed by atoms with Crippen LogP contribution in [0.15, 0.2) is 0 Å². The van der Waals surface area contributed by atoms with E-state index in [1.165, 1.54) is 0 Å². The summed E-state index contributed by atoms with van der Waals surface area (Å²) in [5, 5.41) is 0. The fraction of sp³-hybridized carbons (Fsp3) is 0. The van der Waals surface area contributed by atoms with Crippen molar-refractivity contribution in [2.45, 2.75) is 0 Å². The fourth-order valence-corrected chi connectivity index (χ4v) is 0. The van der Waals surface area contributed by atoms with E-state index in [-0.39, 0.29) is 37.7 Å². The van der Waals surface area contributed by atoms with Gasteiger partial charge in [-0.2, -0.15) is 0 Å². The van der Waals surface area contributed by atoms with Crippen LogP contribution < -0.4 is 0 Å². The average molecular weight is 249 g/mol. The Morgan fingerprint density at radius 3 is 1.14 bits per heavy atom. The Morgan fingerprint density at radius 1 is 1.14 bits per heavy atom. The number of hydrogen-bond acceptors (Lipinski definition) is 1. The molecule has 7 heavy (non-hydrogen) atoms. The number of phosphoric acid groups is 1. The molecule has 4 nitrogen and oxygen atoms in total. The van der Waals surface area contributed by atoms with E-state index in [1.54, 1.807) is 0 Å². The predicted octanol–water partition coefficient (Wildman–Crippen LogP) is -3.30. The molecule has 0 rings (SSSR count). The summed E-state index contributed by atoms with van der Waals surface area (Å²) in [6.07, 6.45) is 0. The zero-order valence-electron chi connectivity index (χ0n) is 2.90. The third-order valence-electron chi connectivity index (χ3n) is 0. The van der Waals surface area contributed by atoms with Gasteiger partial charge in [0.05, 0.1) is 0 Å². The number of rotatable bonds is 0. The van der Waals surface area contributed by atoms with E-state index in [2.05, 4.69) is 0 Å². The SMILES string of the molecule is O=P(O)(O)O.[AsH3].[GaH3]. The van der Waals surface area contributed by atoms with Gasteiger partial charge in [-0.25, -0.2) is 4.57 Å². The van der Waals surface area contributed by atoms with Crippen molar-refractivity contribution in [3.05, 3.63) is 0 Å². The van der Waals surface area contributed by atoms with Crippen molar-refractivity contribution in [1.82, 2.24) is 0 Å². The summed E-state index contributed by atoms with van der Waals surface area (Å²) in [6.45, 7) is 0. The van der Waals surface area contributed by atoms with Crippen LogP contribution in [0.25, 0.3) is 0 Å². The minimum absolute atomic E-state index is 0. The molecule has 0 saturated heterocycles. The molecular weight excluding hydrogens is 240 g/mol. The first kappa shape index (κ1) is 15.7. The molecule has 0 aromatic carbocycles. The van der Waals surface area contributed by atoms with Crippen molar-refractivity contribution in [1.29, 1.82) is 0 Å². The molecule has 0 spiro atoms. The second-order valence-corrected chi connectivity index (χ2v) is 1.54. The van der Waals surface area contributed by atoms with E-state index in [1.807, 2.05) is 0 Å². The molecule has 0 bridgehead atoms. The molecule has 0 heterocycles. The van der Waals surface area contributed by atoms with Crippen LogP contribution in [-0.2, 0) is 4.57 Å². The van der Waals surface area contributed by atoms with Gasteiger partial charge in [0, 0.05) is 0 Å². The van der Waals surface area contributed by atoms with Gasteiger partial charge in [-0.05, 0) is 0 Å². The first-order chi connectivity index (χ1) is 2.00. The standard InChI is InChI=1S/AsH3.Ga.H3O4P.3H/c;;1-5(2,3)4;;;/h1H3;;(H3,1,2,3,4);;;. The summed E-state index contributed by atoms with van der Waals surface area (Å²) in [6, 6.07) is 0. The summed E-state index contributed by atoms with van der Waals surface area (Å²) < 4.78 is 8.88. The van der Waals surface area contributed by atoms with Gasteiger partial charge in [-0.3, -0.25) is 0 Å². The van der Waals surface area contributed by atoms with Crippen LogP contribution in [0.2, 0.25) is 0 Å². The normalized spacial score (nSPS) is 8.43. The third-order valence-corrected chi connectivity index (χ3v) is 0. The zero-order valence-corrected chi connectivity index (χ0v) is 6.77. The van der Waals surface area contributed by atoms with Gasteiger partial charge < -0.3 is 14.7 Å². The maximum absolute atomic E-state index is 8.88. The summed E-state index contributed by atoms with van der Waals surface area (Å²) in [5.41, 5.74) is 0. The van der Waals surface area contributed by atoms with Crippen molar-refractivity contribution in [2.24, 2.45) is 0 Å². The van der Waals surface area contributed by atoms with Crippen LogP contribution in [0.4, 0.5) is 0 Å². The van der Waals surface area contributed by atoms with Gasteiger partial charge in [-0.15, -0.1) is 0 Å². The van der Waals surface area contributed by atoms with Crippen LogP contribution >= 0.6 is 7.82 Å². The quantitative estimate of drug-likeness (QED) is 0.310. The van der Waals surface area contributed by atoms with Crippen molar-refractivity contribution in [3.63, 3.8) is 0 Å². The molecule has 46 valence electrons. The second kappa shape index (κ2) is 5.44. The summed E-state index contributed by atoms with van der Waals surface area (Å²) in [7, 11) is -4.64. The molecular formula is H9AsGaO4P. The molecule has 0 aromatic rings. The van der Waals surface area contributed by atoms with Crippen LogP contribution in [0.1, 0.15) is 0 Å². The summed E-state index contributed by atoms with van der Waals surface area (Å²) in [4.78, 5) is 21.6. The van der Waals surface area contributed by atoms with E-state index in [4.69, 9.17) is 19.2 Å². The van der Waals surface area contributed by atoms with Gasteiger partial charge in [0.2, 0.25) is 0 Å². The second-order valence-electron chi connectivity index (χ2n) is 0.513. The molecule has 7 heteroatoms. The zero-order chi connectivity index (χ0) is 4.50. The van der Waals surface area contributed by atoms with Gasteiger partial charge >= 0.3 is 45.6 Å².